The lowest BCUT2D eigenvalue weighted by Gasteiger charge is -2.12. The largest absolute Gasteiger partial charge is 0.497 e. The molecule has 28 heavy (non-hydrogen) atoms. The molecule has 0 bridgehead atoms. The number of anilines is 1. The molecule has 0 saturated carbocycles. The van der Waals surface area contributed by atoms with Gasteiger partial charge in [0.2, 0.25) is 0 Å². The summed E-state index contributed by atoms with van der Waals surface area (Å²) in [4.78, 5) is 17.8. The van der Waals surface area contributed by atoms with Gasteiger partial charge in [-0.3, -0.25) is 10.1 Å². The maximum absolute atomic E-state index is 12.4. The second kappa shape index (κ2) is 9.48. The first-order valence-electron chi connectivity index (χ1n) is 9.09. The van der Waals surface area contributed by atoms with Crippen LogP contribution in [-0.4, -0.2) is 24.1 Å². The van der Waals surface area contributed by atoms with Crippen molar-refractivity contribution >= 4 is 22.4 Å². The van der Waals surface area contributed by atoms with Crippen molar-refractivity contribution in [3.63, 3.8) is 0 Å². The molecule has 0 spiro atoms. The minimum Gasteiger partial charge on any atom is -0.497 e. The number of hydrogen-bond acceptors (Lipinski definition) is 5. The van der Waals surface area contributed by atoms with E-state index >= 15 is 0 Å². The van der Waals surface area contributed by atoms with E-state index in [1.54, 1.807) is 14.0 Å². The third-order valence-corrected chi connectivity index (χ3v) is 5.16. The van der Waals surface area contributed by atoms with Crippen molar-refractivity contribution in [3.05, 3.63) is 76.3 Å². The summed E-state index contributed by atoms with van der Waals surface area (Å²) in [6.07, 6.45) is 2.02. The first kappa shape index (κ1) is 20.0. The molecule has 1 atom stereocenters. The van der Waals surface area contributed by atoms with Crippen LogP contribution in [0.1, 0.15) is 28.5 Å². The molecule has 1 unspecified atom stereocenters. The molecule has 0 fully saturated rings. The smallest absolute Gasteiger partial charge is 0.255 e. The fourth-order valence-corrected chi connectivity index (χ4v) is 3.59. The average Bonchev–Trinajstić information content (AvgIpc) is 3.13. The topological polar surface area (TPSA) is 60.5 Å². The number of ether oxygens (including phenoxy) is 2. The number of rotatable bonds is 8. The molecule has 0 aliphatic rings. The standard InChI is InChI=1S/C22H24N2O3S/c1-15-6-4-7-17(10-15)12-20-13-23-22(28-20)24-21(25)16(2)27-14-18-8-5-9-19(11-18)26-3/h4-11,13,16H,12,14H2,1-3H3,(H,23,24,25). The van der Waals surface area contributed by atoms with Crippen LogP contribution >= 0.6 is 11.3 Å². The summed E-state index contributed by atoms with van der Waals surface area (Å²) in [5.74, 6) is 0.557. The fourth-order valence-electron chi connectivity index (χ4n) is 2.74. The Hall–Kier alpha value is -2.70. The molecule has 0 radical (unpaired) electrons. The number of aromatic nitrogens is 1. The van der Waals surface area contributed by atoms with Crippen LogP contribution < -0.4 is 10.1 Å². The van der Waals surface area contributed by atoms with Crippen LogP contribution in [0.3, 0.4) is 0 Å². The average molecular weight is 397 g/mol. The maximum Gasteiger partial charge on any atom is 0.255 e. The lowest BCUT2D eigenvalue weighted by molar-refractivity contribution is -0.127. The van der Waals surface area contributed by atoms with Gasteiger partial charge in [0.1, 0.15) is 11.9 Å². The zero-order valence-corrected chi connectivity index (χ0v) is 17.1. The highest BCUT2D eigenvalue weighted by molar-refractivity contribution is 7.15. The van der Waals surface area contributed by atoms with E-state index in [4.69, 9.17) is 9.47 Å². The van der Waals surface area contributed by atoms with E-state index in [9.17, 15) is 4.79 Å². The van der Waals surface area contributed by atoms with Gasteiger partial charge in [0.05, 0.1) is 13.7 Å². The highest BCUT2D eigenvalue weighted by Crippen LogP contribution is 2.22. The maximum atomic E-state index is 12.4. The minimum absolute atomic E-state index is 0.209. The quantitative estimate of drug-likeness (QED) is 0.605. The van der Waals surface area contributed by atoms with Crippen LogP contribution in [0.2, 0.25) is 0 Å². The number of methoxy groups -OCH3 is 1. The number of benzene rings is 2. The lowest BCUT2D eigenvalue weighted by atomic mass is 10.1. The van der Waals surface area contributed by atoms with Crippen LogP contribution in [-0.2, 0) is 22.6 Å². The van der Waals surface area contributed by atoms with Gasteiger partial charge in [-0.1, -0.05) is 42.0 Å². The van der Waals surface area contributed by atoms with E-state index in [2.05, 4.69) is 41.5 Å². The summed E-state index contributed by atoms with van der Waals surface area (Å²) in [6.45, 7) is 4.15. The molecule has 3 rings (SSSR count). The minimum atomic E-state index is -0.588. The highest BCUT2D eigenvalue weighted by Gasteiger charge is 2.15. The van der Waals surface area contributed by atoms with Crippen molar-refractivity contribution in [1.29, 1.82) is 0 Å². The molecule has 1 aromatic heterocycles. The Kier molecular flexibility index (Phi) is 6.79. The zero-order chi connectivity index (χ0) is 19.9. The van der Waals surface area contributed by atoms with Gasteiger partial charge < -0.3 is 9.47 Å². The number of nitrogens with one attached hydrogen (secondary N) is 1. The Morgan fingerprint density at radius 2 is 1.96 bits per heavy atom. The molecule has 1 amide bonds. The number of amides is 1. The zero-order valence-electron chi connectivity index (χ0n) is 16.3. The number of thiazole rings is 1. The summed E-state index contributed by atoms with van der Waals surface area (Å²) >= 11 is 1.48. The van der Waals surface area contributed by atoms with Crippen molar-refractivity contribution in [2.75, 3.05) is 12.4 Å². The van der Waals surface area contributed by atoms with Crippen LogP contribution in [0.15, 0.2) is 54.7 Å². The predicted molar refractivity (Wildman–Crippen MR) is 112 cm³/mol. The molecular formula is C22H24N2O3S. The van der Waals surface area contributed by atoms with E-state index < -0.39 is 6.10 Å². The van der Waals surface area contributed by atoms with Crippen LogP contribution in [0.5, 0.6) is 5.75 Å². The fraction of sp³-hybridized carbons (Fsp3) is 0.273. The molecule has 0 saturated heterocycles. The molecular weight excluding hydrogens is 372 g/mol. The first-order valence-corrected chi connectivity index (χ1v) is 9.91. The molecule has 5 nitrogen and oxygen atoms in total. The third-order valence-electron chi connectivity index (χ3n) is 4.25. The summed E-state index contributed by atoms with van der Waals surface area (Å²) in [6, 6.07) is 16.0. The molecule has 146 valence electrons. The van der Waals surface area contributed by atoms with E-state index in [0.717, 1.165) is 22.6 Å². The number of aryl methyl sites for hydroxylation is 1. The van der Waals surface area contributed by atoms with Gasteiger partial charge in [0.25, 0.3) is 5.91 Å². The van der Waals surface area contributed by atoms with Crippen LogP contribution in [0, 0.1) is 6.92 Å². The first-order chi connectivity index (χ1) is 13.5. The molecule has 3 aromatic rings. The van der Waals surface area contributed by atoms with Gasteiger partial charge in [-0.25, -0.2) is 4.98 Å². The van der Waals surface area contributed by atoms with E-state index in [1.165, 1.54) is 22.5 Å². The predicted octanol–water partition coefficient (Wildman–Crippen LogP) is 4.59. The van der Waals surface area contributed by atoms with Gasteiger partial charge in [0.15, 0.2) is 5.13 Å². The van der Waals surface area contributed by atoms with Gasteiger partial charge in [0, 0.05) is 17.5 Å². The monoisotopic (exact) mass is 396 g/mol. The SMILES string of the molecule is COc1cccc(COC(C)C(=O)Nc2ncc(Cc3cccc(C)c3)s2)c1. The second-order valence-electron chi connectivity index (χ2n) is 6.59. The van der Waals surface area contributed by atoms with Gasteiger partial charge >= 0.3 is 0 Å². The normalized spacial score (nSPS) is 11.8. The lowest BCUT2D eigenvalue weighted by Crippen LogP contribution is -2.27. The Balaban J connectivity index is 1.52. The van der Waals surface area contributed by atoms with Crippen LogP contribution in [0.4, 0.5) is 5.13 Å². The molecule has 1 N–H and O–H groups in total. The van der Waals surface area contributed by atoms with Crippen molar-refractivity contribution in [1.82, 2.24) is 4.98 Å². The number of nitrogens with zero attached hydrogens (tertiary/aromatic N) is 1. The third kappa shape index (κ3) is 5.65. The summed E-state index contributed by atoms with van der Waals surface area (Å²) < 4.78 is 10.9. The van der Waals surface area contributed by atoms with Crippen LogP contribution in [0.25, 0.3) is 0 Å². The van der Waals surface area contributed by atoms with Crippen molar-refractivity contribution in [3.8, 4) is 5.75 Å². The molecule has 0 aliphatic heterocycles. The summed E-state index contributed by atoms with van der Waals surface area (Å²) in [5.41, 5.74) is 3.42. The molecule has 2 aromatic carbocycles. The van der Waals surface area contributed by atoms with E-state index in [-0.39, 0.29) is 5.91 Å². The van der Waals surface area contributed by atoms with Gasteiger partial charge in [-0.05, 0) is 37.1 Å². The Morgan fingerprint density at radius 1 is 1.18 bits per heavy atom. The van der Waals surface area contributed by atoms with E-state index in [1.807, 2.05) is 30.5 Å². The summed E-state index contributed by atoms with van der Waals surface area (Å²) in [5, 5.41) is 3.42. The number of carbonyl (C=O) groups is 1. The van der Waals surface area contributed by atoms with E-state index in [0.29, 0.717) is 11.7 Å². The van der Waals surface area contributed by atoms with Gasteiger partial charge in [-0.15, -0.1) is 11.3 Å². The van der Waals surface area contributed by atoms with Crippen molar-refractivity contribution in [2.24, 2.45) is 0 Å². The van der Waals surface area contributed by atoms with Crippen molar-refractivity contribution in [2.45, 2.75) is 33.0 Å². The number of carbonyl (C=O) groups excluding carboxylic acids is 1. The Bertz CT molecular complexity index is 939. The van der Waals surface area contributed by atoms with Gasteiger partial charge in [-0.2, -0.15) is 0 Å². The highest BCUT2D eigenvalue weighted by atomic mass is 32.1. The number of hydrogen-bond donors (Lipinski definition) is 1. The Morgan fingerprint density at radius 3 is 2.75 bits per heavy atom. The second-order valence-corrected chi connectivity index (χ2v) is 7.71. The molecule has 0 aliphatic carbocycles. The summed E-state index contributed by atoms with van der Waals surface area (Å²) in [7, 11) is 1.62. The Labute approximate surface area is 169 Å². The molecule has 6 heteroatoms. The molecule has 1 heterocycles. The van der Waals surface area contributed by atoms with Crippen molar-refractivity contribution < 1.29 is 14.3 Å².